The predicted octanol–water partition coefficient (Wildman–Crippen LogP) is 1.51. The molecule has 2 fully saturated rings. The van der Waals surface area contributed by atoms with Crippen molar-refractivity contribution in [3.05, 3.63) is 0 Å². The Bertz CT molecular complexity index is 330. The molecule has 0 saturated heterocycles. The van der Waals surface area contributed by atoms with Crippen LogP contribution in [0.1, 0.15) is 33.1 Å². The zero-order valence-corrected chi connectivity index (χ0v) is 12.7. The molecule has 0 aromatic rings. The molecule has 3 unspecified atom stereocenters. The summed E-state index contributed by atoms with van der Waals surface area (Å²) in [4.78, 5) is 14.7. The molecule has 2 aliphatic carbocycles. The molecule has 0 aromatic heterocycles. The number of nitrogens with zero attached hydrogens (tertiary/aromatic N) is 1. The summed E-state index contributed by atoms with van der Waals surface area (Å²) in [5.74, 6) is 2.04. The van der Waals surface area contributed by atoms with Gasteiger partial charge in [0.15, 0.2) is 0 Å². The van der Waals surface area contributed by atoms with E-state index in [1.807, 2.05) is 14.0 Å². The number of rotatable bonds is 8. The number of likely N-dealkylation sites (N-methyl/N-ethyl adjacent to an activating group) is 2. The number of nitrogens with one attached hydrogen (secondary N) is 1. The molecule has 0 heterocycles. The van der Waals surface area contributed by atoms with Gasteiger partial charge in [-0.25, -0.2) is 4.79 Å². The van der Waals surface area contributed by atoms with Gasteiger partial charge >= 0.3 is 5.97 Å². The molecule has 0 spiro atoms. The molecule has 1 N–H and O–H groups in total. The Morgan fingerprint density at radius 1 is 1.47 bits per heavy atom. The minimum Gasteiger partial charge on any atom is -0.465 e. The molecule has 2 saturated carbocycles. The fraction of sp³-hybridized carbons (Fsp3) is 0.933. The van der Waals surface area contributed by atoms with Crippen LogP contribution in [-0.2, 0) is 9.53 Å². The van der Waals surface area contributed by atoms with Crippen LogP contribution in [0.3, 0.4) is 0 Å². The van der Waals surface area contributed by atoms with E-state index in [0.29, 0.717) is 12.5 Å². The summed E-state index contributed by atoms with van der Waals surface area (Å²) < 4.78 is 5.31. The minimum atomic E-state index is -0.497. The zero-order valence-electron chi connectivity index (χ0n) is 12.7. The summed E-state index contributed by atoms with van der Waals surface area (Å²) in [6.45, 7) is 6.49. The average molecular weight is 268 g/mol. The van der Waals surface area contributed by atoms with E-state index in [1.54, 1.807) is 0 Å². The molecular weight excluding hydrogens is 240 g/mol. The van der Waals surface area contributed by atoms with Crippen LogP contribution in [0.15, 0.2) is 0 Å². The van der Waals surface area contributed by atoms with E-state index in [9.17, 15) is 4.79 Å². The van der Waals surface area contributed by atoms with Gasteiger partial charge < -0.3 is 15.0 Å². The Balaban J connectivity index is 1.98. The van der Waals surface area contributed by atoms with E-state index < -0.39 is 5.54 Å². The molecule has 2 rings (SSSR count). The van der Waals surface area contributed by atoms with Gasteiger partial charge in [0.25, 0.3) is 0 Å². The van der Waals surface area contributed by atoms with Crippen molar-refractivity contribution in [2.75, 3.05) is 33.8 Å². The van der Waals surface area contributed by atoms with Crippen molar-refractivity contribution in [2.24, 2.45) is 17.8 Å². The van der Waals surface area contributed by atoms with Gasteiger partial charge in [-0.15, -0.1) is 0 Å². The molecule has 0 radical (unpaired) electrons. The smallest absolute Gasteiger partial charge is 0.327 e. The highest BCUT2D eigenvalue weighted by atomic mass is 16.5. The average Bonchev–Trinajstić information content (AvgIpc) is 3.25. The van der Waals surface area contributed by atoms with E-state index in [2.05, 4.69) is 24.2 Å². The normalized spacial score (nSPS) is 29.1. The Hall–Kier alpha value is -0.610. The predicted molar refractivity (Wildman–Crippen MR) is 75.9 cm³/mol. The highest BCUT2D eigenvalue weighted by Crippen LogP contribution is 2.42. The van der Waals surface area contributed by atoms with E-state index in [-0.39, 0.29) is 5.97 Å². The van der Waals surface area contributed by atoms with Crippen LogP contribution in [-0.4, -0.2) is 50.2 Å². The Labute approximate surface area is 116 Å². The SMILES string of the molecule is CCOC(=O)C(CN(C)CC1CC1C)(NC)C1CC1. The van der Waals surface area contributed by atoms with E-state index in [1.165, 1.54) is 6.42 Å². The fourth-order valence-corrected chi connectivity index (χ4v) is 3.13. The molecule has 0 aliphatic heterocycles. The first-order valence-electron chi connectivity index (χ1n) is 7.58. The molecule has 0 amide bonds. The molecular formula is C15H28N2O2. The third-order valence-electron chi connectivity index (χ3n) is 4.70. The van der Waals surface area contributed by atoms with Gasteiger partial charge in [-0.3, -0.25) is 0 Å². The highest BCUT2D eigenvalue weighted by Gasteiger charge is 2.52. The lowest BCUT2D eigenvalue weighted by atomic mass is 9.92. The van der Waals surface area contributed by atoms with Gasteiger partial charge in [0.05, 0.1) is 6.61 Å². The highest BCUT2D eigenvalue weighted by molar-refractivity contribution is 5.82. The zero-order chi connectivity index (χ0) is 14.0. The lowest BCUT2D eigenvalue weighted by molar-refractivity contribution is -0.153. The number of esters is 1. The van der Waals surface area contributed by atoms with Crippen molar-refractivity contribution in [1.82, 2.24) is 10.2 Å². The second kappa shape index (κ2) is 5.80. The van der Waals surface area contributed by atoms with Gasteiger partial charge in [0.1, 0.15) is 5.54 Å². The number of ether oxygens (including phenoxy) is 1. The van der Waals surface area contributed by atoms with Crippen molar-refractivity contribution >= 4 is 5.97 Å². The molecule has 0 bridgehead atoms. The van der Waals surface area contributed by atoms with E-state index >= 15 is 0 Å². The van der Waals surface area contributed by atoms with Crippen molar-refractivity contribution in [1.29, 1.82) is 0 Å². The Morgan fingerprint density at radius 3 is 2.53 bits per heavy atom. The van der Waals surface area contributed by atoms with E-state index in [4.69, 9.17) is 4.74 Å². The molecule has 110 valence electrons. The number of carbonyl (C=O) groups excluding carboxylic acids is 1. The first-order valence-corrected chi connectivity index (χ1v) is 7.58. The van der Waals surface area contributed by atoms with Gasteiger partial charge in [-0.1, -0.05) is 6.92 Å². The Morgan fingerprint density at radius 2 is 2.11 bits per heavy atom. The summed E-state index contributed by atoms with van der Waals surface area (Å²) in [6, 6.07) is 0. The molecule has 3 atom stereocenters. The van der Waals surface area contributed by atoms with Crippen LogP contribution in [0.2, 0.25) is 0 Å². The number of carbonyl (C=O) groups is 1. The maximum atomic E-state index is 12.4. The van der Waals surface area contributed by atoms with Gasteiger partial charge in [-0.2, -0.15) is 0 Å². The van der Waals surface area contributed by atoms with Crippen LogP contribution in [0.4, 0.5) is 0 Å². The molecule has 4 heteroatoms. The van der Waals surface area contributed by atoms with Crippen molar-refractivity contribution in [3.63, 3.8) is 0 Å². The molecule has 4 nitrogen and oxygen atoms in total. The topological polar surface area (TPSA) is 41.6 Å². The van der Waals surface area contributed by atoms with Crippen molar-refractivity contribution in [2.45, 2.75) is 38.6 Å². The lowest BCUT2D eigenvalue weighted by Gasteiger charge is -2.35. The summed E-state index contributed by atoms with van der Waals surface area (Å²) in [6.07, 6.45) is 3.60. The Kier molecular flexibility index (Phi) is 4.51. The summed E-state index contributed by atoms with van der Waals surface area (Å²) >= 11 is 0. The molecule has 0 aromatic carbocycles. The third-order valence-corrected chi connectivity index (χ3v) is 4.70. The maximum Gasteiger partial charge on any atom is 0.327 e. The summed E-state index contributed by atoms with van der Waals surface area (Å²) in [5.41, 5.74) is -0.497. The van der Waals surface area contributed by atoms with Crippen LogP contribution < -0.4 is 5.32 Å². The van der Waals surface area contributed by atoms with Gasteiger partial charge in [-0.05, 0) is 58.0 Å². The van der Waals surface area contributed by atoms with Crippen LogP contribution in [0.5, 0.6) is 0 Å². The summed E-state index contributed by atoms with van der Waals surface area (Å²) in [7, 11) is 4.02. The monoisotopic (exact) mass is 268 g/mol. The standard InChI is InChI=1S/C15H28N2O2/c1-5-19-14(18)15(16-3,13-6-7-13)10-17(4)9-12-8-11(12)2/h11-13,16H,5-10H2,1-4H3. The molecule has 19 heavy (non-hydrogen) atoms. The maximum absolute atomic E-state index is 12.4. The van der Waals surface area contributed by atoms with Crippen molar-refractivity contribution in [3.8, 4) is 0 Å². The second-order valence-electron chi connectivity index (χ2n) is 6.39. The molecule has 2 aliphatic rings. The van der Waals surface area contributed by atoms with Crippen LogP contribution >= 0.6 is 0 Å². The van der Waals surface area contributed by atoms with Crippen LogP contribution in [0, 0.1) is 17.8 Å². The largest absolute Gasteiger partial charge is 0.465 e. The summed E-state index contributed by atoms with van der Waals surface area (Å²) in [5, 5.41) is 3.28. The minimum absolute atomic E-state index is 0.0734. The lowest BCUT2D eigenvalue weighted by Crippen LogP contribution is -2.59. The number of hydrogen-bond acceptors (Lipinski definition) is 4. The van der Waals surface area contributed by atoms with Gasteiger partial charge in [0, 0.05) is 13.1 Å². The van der Waals surface area contributed by atoms with Crippen molar-refractivity contribution < 1.29 is 9.53 Å². The van der Waals surface area contributed by atoms with Gasteiger partial charge in [0.2, 0.25) is 0 Å². The second-order valence-corrected chi connectivity index (χ2v) is 6.39. The van der Waals surface area contributed by atoms with Crippen LogP contribution in [0.25, 0.3) is 0 Å². The fourth-order valence-electron chi connectivity index (χ4n) is 3.13. The van der Waals surface area contributed by atoms with E-state index in [0.717, 1.165) is 37.8 Å². The quantitative estimate of drug-likeness (QED) is 0.678. The first-order chi connectivity index (χ1) is 9.03. The number of hydrogen-bond donors (Lipinski definition) is 1. The third kappa shape index (κ3) is 3.29. The first kappa shape index (κ1) is 14.8.